The Morgan fingerprint density at radius 1 is 1.38 bits per heavy atom. The first-order chi connectivity index (χ1) is 6.20. The summed E-state index contributed by atoms with van der Waals surface area (Å²) in [5.74, 6) is 5.59. The molecule has 1 heterocycles. The van der Waals surface area contributed by atoms with E-state index in [1.54, 1.807) is 19.1 Å². The average Bonchev–Trinajstić information content (AvgIpc) is 2.15. The molecule has 0 aliphatic carbocycles. The van der Waals surface area contributed by atoms with Crippen molar-refractivity contribution in [3.05, 3.63) is 40.2 Å². The topological polar surface area (TPSA) is 60.9 Å². The molecule has 0 saturated carbocycles. The number of nitrogen functional groups attached to an aromatic ring is 1. The van der Waals surface area contributed by atoms with Crippen molar-refractivity contribution >= 4 is 10.9 Å². The van der Waals surface area contributed by atoms with Gasteiger partial charge >= 0.3 is 0 Å². The third-order valence-electron chi connectivity index (χ3n) is 1.98. The predicted molar refractivity (Wildman–Crippen MR) is 50.9 cm³/mol. The molecule has 0 unspecified atom stereocenters. The Morgan fingerprint density at radius 3 is 2.85 bits per heavy atom. The number of nitrogens with two attached hydrogens (primary N) is 1. The summed E-state index contributed by atoms with van der Waals surface area (Å²) < 4.78 is 0. The lowest BCUT2D eigenvalue weighted by Crippen LogP contribution is -2.21. The van der Waals surface area contributed by atoms with Gasteiger partial charge in [0.05, 0.1) is 10.9 Å². The lowest BCUT2D eigenvalue weighted by molar-refractivity contribution is 0.809. The zero-order chi connectivity index (χ0) is 9.42. The van der Waals surface area contributed by atoms with E-state index in [2.05, 4.69) is 5.10 Å². The van der Waals surface area contributed by atoms with Gasteiger partial charge in [0, 0.05) is 0 Å². The second kappa shape index (κ2) is 2.58. The number of rotatable bonds is 0. The molecular weight excluding hydrogens is 166 g/mol. The summed E-state index contributed by atoms with van der Waals surface area (Å²) in [6.45, 7) is 1.65. The molecule has 0 spiro atoms. The highest BCUT2D eigenvalue weighted by Gasteiger charge is 2.03. The van der Waals surface area contributed by atoms with Gasteiger partial charge in [-0.1, -0.05) is 12.1 Å². The van der Waals surface area contributed by atoms with Gasteiger partial charge in [0.15, 0.2) is 0 Å². The van der Waals surface area contributed by atoms with Crippen molar-refractivity contribution in [2.75, 3.05) is 5.84 Å². The van der Waals surface area contributed by atoms with Crippen LogP contribution in [0.3, 0.4) is 0 Å². The van der Waals surface area contributed by atoms with Crippen molar-refractivity contribution in [1.29, 1.82) is 0 Å². The molecule has 4 nitrogen and oxygen atoms in total. The molecule has 4 heteroatoms. The molecule has 1 aromatic heterocycles. The molecule has 2 N–H and O–H groups in total. The number of aryl methyl sites for hydroxylation is 1. The molecule has 0 bridgehead atoms. The molecule has 0 fully saturated rings. The average molecular weight is 175 g/mol. The zero-order valence-electron chi connectivity index (χ0n) is 7.19. The molecular formula is C9H9N3O. The van der Waals surface area contributed by atoms with Gasteiger partial charge in [-0.05, 0) is 19.1 Å². The van der Waals surface area contributed by atoms with Crippen LogP contribution in [0.4, 0.5) is 0 Å². The molecule has 0 saturated heterocycles. The van der Waals surface area contributed by atoms with Crippen molar-refractivity contribution in [3.63, 3.8) is 0 Å². The summed E-state index contributed by atoms with van der Waals surface area (Å²) in [5.41, 5.74) is 1.01. The van der Waals surface area contributed by atoms with E-state index in [9.17, 15) is 4.79 Å². The molecule has 2 rings (SSSR count). The van der Waals surface area contributed by atoms with E-state index >= 15 is 0 Å². The van der Waals surface area contributed by atoms with E-state index in [1.807, 2.05) is 12.1 Å². The predicted octanol–water partition coefficient (Wildman–Crippen LogP) is 0.419. The van der Waals surface area contributed by atoms with Crippen LogP contribution in [0, 0.1) is 6.92 Å². The first kappa shape index (κ1) is 7.79. The molecule has 2 aromatic rings. The lowest BCUT2D eigenvalue weighted by Gasteiger charge is -2.03. The minimum absolute atomic E-state index is 0.0581. The van der Waals surface area contributed by atoms with Crippen LogP contribution in [0.15, 0.2) is 29.1 Å². The second-order valence-electron chi connectivity index (χ2n) is 2.88. The Hall–Kier alpha value is -1.84. The third-order valence-corrected chi connectivity index (χ3v) is 1.98. The molecule has 1 aromatic carbocycles. The molecule has 66 valence electrons. The number of nitrogens with zero attached hydrogens (tertiary/aromatic N) is 2. The number of hydrogen-bond donors (Lipinski definition) is 1. The maximum Gasteiger partial charge on any atom is 0.211 e. The minimum atomic E-state index is -0.0581. The summed E-state index contributed by atoms with van der Waals surface area (Å²) in [7, 11) is 0. The first-order valence-corrected chi connectivity index (χ1v) is 3.94. The maximum absolute atomic E-state index is 11.5. The minimum Gasteiger partial charge on any atom is -0.323 e. The quantitative estimate of drug-likeness (QED) is 0.590. The Morgan fingerprint density at radius 2 is 2.08 bits per heavy atom. The Balaban J connectivity index is 3.06. The number of benzene rings is 1. The van der Waals surface area contributed by atoms with E-state index in [0.29, 0.717) is 16.6 Å². The number of hydrogen-bond acceptors (Lipinski definition) is 3. The lowest BCUT2D eigenvalue weighted by atomic mass is 10.2. The SMILES string of the molecule is Cc1nn(N)c2ccccc2c1=O. The maximum atomic E-state index is 11.5. The van der Waals surface area contributed by atoms with Crippen LogP contribution in [0.25, 0.3) is 10.9 Å². The molecule has 0 atom stereocenters. The van der Waals surface area contributed by atoms with Crippen molar-refractivity contribution in [3.8, 4) is 0 Å². The van der Waals surface area contributed by atoms with Crippen molar-refractivity contribution in [1.82, 2.24) is 9.89 Å². The first-order valence-electron chi connectivity index (χ1n) is 3.94. The molecule has 0 aliphatic heterocycles. The van der Waals surface area contributed by atoms with Crippen LogP contribution in [-0.4, -0.2) is 9.89 Å². The highest BCUT2D eigenvalue weighted by Crippen LogP contribution is 2.05. The van der Waals surface area contributed by atoms with Crippen LogP contribution in [0.5, 0.6) is 0 Å². The van der Waals surface area contributed by atoms with E-state index < -0.39 is 0 Å². The highest BCUT2D eigenvalue weighted by molar-refractivity contribution is 5.78. The molecule has 0 radical (unpaired) electrons. The fourth-order valence-corrected chi connectivity index (χ4v) is 1.32. The molecule has 13 heavy (non-hydrogen) atoms. The van der Waals surface area contributed by atoms with Crippen molar-refractivity contribution in [2.24, 2.45) is 0 Å². The Kier molecular flexibility index (Phi) is 1.55. The number of aromatic nitrogens is 2. The summed E-state index contributed by atoms with van der Waals surface area (Å²) >= 11 is 0. The van der Waals surface area contributed by atoms with Crippen LogP contribution in [0.2, 0.25) is 0 Å². The Bertz CT molecular complexity index is 516. The molecule has 0 aliphatic rings. The van der Waals surface area contributed by atoms with E-state index in [1.165, 1.54) is 4.79 Å². The van der Waals surface area contributed by atoms with Gasteiger partial charge in [0.1, 0.15) is 5.69 Å². The normalized spacial score (nSPS) is 10.5. The van der Waals surface area contributed by atoms with Gasteiger partial charge in [0.2, 0.25) is 5.43 Å². The largest absolute Gasteiger partial charge is 0.323 e. The smallest absolute Gasteiger partial charge is 0.211 e. The monoisotopic (exact) mass is 175 g/mol. The summed E-state index contributed by atoms with van der Waals surface area (Å²) in [4.78, 5) is 12.8. The zero-order valence-corrected chi connectivity index (χ0v) is 7.19. The van der Waals surface area contributed by atoms with Gasteiger partial charge in [-0.15, -0.1) is 0 Å². The van der Waals surface area contributed by atoms with Crippen molar-refractivity contribution in [2.45, 2.75) is 6.92 Å². The van der Waals surface area contributed by atoms with Gasteiger partial charge in [-0.25, -0.2) is 0 Å². The van der Waals surface area contributed by atoms with Crippen LogP contribution < -0.4 is 11.3 Å². The number of para-hydroxylation sites is 1. The second-order valence-corrected chi connectivity index (χ2v) is 2.88. The van der Waals surface area contributed by atoms with Gasteiger partial charge in [-0.3, -0.25) is 4.79 Å². The van der Waals surface area contributed by atoms with Crippen molar-refractivity contribution < 1.29 is 0 Å². The fraction of sp³-hybridized carbons (Fsp3) is 0.111. The summed E-state index contributed by atoms with van der Waals surface area (Å²) in [6, 6.07) is 7.14. The van der Waals surface area contributed by atoms with Gasteiger partial charge < -0.3 is 5.84 Å². The fourth-order valence-electron chi connectivity index (χ4n) is 1.32. The summed E-state index contributed by atoms with van der Waals surface area (Å²) in [6.07, 6.45) is 0. The third kappa shape index (κ3) is 1.07. The standard InChI is InChI=1S/C9H9N3O/c1-6-9(13)7-4-2-3-5-8(7)12(10)11-6/h2-5H,10H2,1H3. The number of fused-ring (bicyclic) bond motifs is 1. The van der Waals surface area contributed by atoms with E-state index in [-0.39, 0.29) is 5.43 Å². The van der Waals surface area contributed by atoms with Crippen LogP contribution in [-0.2, 0) is 0 Å². The van der Waals surface area contributed by atoms with E-state index in [4.69, 9.17) is 5.84 Å². The van der Waals surface area contributed by atoms with Crippen LogP contribution in [0.1, 0.15) is 5.69 Å². The van der Waals surface area contributed by atoms with Crippen LogP contribution >= 0.6 is 0 Å². The van der Waals surface area contributed by atoms with Gasteiger partial charge in [-0.2, -0.15) is 9.89 Å². The molecule has 0 amide bonds. The Labute approximate surface area is 74.6 Å². The van der Waals surface area contributed by atoms with E-state index in [0.717, 1.165) is 0 Å². The highest BCUT2D eigenvalue weighted by atomic mass is 16.1. The summed E-state index contributed by atoms with van der Waals surface area (Å²) in [5, 5.41) is 4.49. The van der Waals surface area contributed by atoms with Gasteiger partial charge in [0.25, 0.3) is 0 Å².